The van der Waals surface area contributed by atoms with Gasteiger partial charge in [0.1, 0.15) is 0 Å². The van der Waals surface area contributed by atoms with Crippen molar-refractivity contribution in [2.24, 2.45) is 0 Å². The van der Waals surface area contributed by atoms with Crippen LogP contribution in [-0.2, 0) is 4.79 Å². The first kappa shape index (κ1) is 15.1. The van der Waals surface area contributed by atoms with Crippen LogP contribution in [0, 0.1) is 3.57 Å². The van der Waals surface area contributed by atoms with Crippen molar-refractivity contribution in [2.75, 3.05) is 24.2 Å². The van der Waals surface area contributed by atoms with Crippen molar-refractivity contribution in [1.82, 2.24) is 10.2 Å². The molecule has 1 saturated heterocycles. The summed E-state index contributed by atoms with van der Waals surface area (Å²) in [6.45, 7) is 0.428. The molecular weight excluding hydrogens is 393 g/mol. The molecule has 0 bridgehead atoms. The first-order valence-electron chi connectivity index (χ1n) is 5.84. The molecule has 0 unspecified atom stereocenters. The number of hydrogen-bond donors (Lipinski definition) is 2. The van der Waals surface area contributed by atoms with Gasteiger partial charge in [0.05, 0.1) is 11.4 Å². The summed E-state index contributed by atoms with van der Waals surface area (Å²) < 4.78 is 0.932. The second-order valence-corrected chi connectivity index (χ2v) is 6.05. The normalized spacial score (nSPS) is 14.6. The van der Waals surface area contributed by atoms with Crippen LogP contribution in [0.2, 0.25) is 0 Å². The fraction of sp³-hybridized carbons (Fsp3) is 0.250. The van der Waals surface area contributed by atoms with E-state index >= 15 is 0 Å². The Bertz CT molecular complexity index is 537. The van der Waals surface area contributed by atoms with E-state index in [0.717, 1.165) is 25.9 Å². The number of urea groups is 1. The quantitative estimate of drug-likeness (QED) is 0.753. The largest absolute Gasteiger partial charge is 0.336 e. The Balaban J connectivity index is 1.77. The van der Waals surface area contributed by atoms with Gasteiger partial charge in [0.25, 0.3) is 5.24 Å². The Labute approximate surface area is 133 Å². The van der Waals surface area contributed by atoms with Gasteiger partial charge in [-0.2, -0.15) is 0 Å². The predicted molar refractivity (Wildman–Crippen MR) is 85.7 cm³/mol. The summed E-state index contributed by atoms with van der Waals surface area (Å²) in [5, 5.41) is 5.07. The lowest BCUT2D eigenvalue weighted by atomic mass is 10.3. The molecule has 0 spiro atoms. The maximum Gasteiger partial charge on any atom is 0.319 e. The van der Waals surface area contributed by atoms with E-state index in [4.69, 9.17) is 0 Å². The first-order valence-corrected chi connectivity index (χ1v) is 7.91. The topological polar surface area (TPSA) is 78.5 Å². The number of rotatable bonds is 4. The molecule has 1 aliphatic heterocycles. The van der Waals surface area contributed by atoms with Crippen LogP contribution in [0.15, 0.2) is 24.3 Å². The minimum atomic E-state index is -0.360. The minimum absolute atomic E-state index is 0.188. The van der Waals surface area contributed by atoms with E-state index < -0.39 is 0 Å². The number of hydrogen-bond acceptors (Lipinski definition) is 4. The van der Waals surface area contributed by atoms with Crippen molar-refractivity contribution in [2.45, 2.75) is 0 Å². The maximum atomic E-state index is 11.7. The van der Waals surface area contributed by atoms with E-state index in [-0.39, 0.29) is 36.0 Å². The molecule has 106 valence electrons. The Morgan fingerprint density at radius 3 is 2.75 bits per heavy atom. The molecule has 0 saturated carbocycles. The van der Waals surface area contributed by atoms with Crippen molar-refractivity contribution < 1.29 is 14.4 Å². The molecular formula is C12H12IN3O3S. The highest BCUT2D eigenvalue weighted by molar-refractivity contribution is 14.1. The molecule has 2 N–H and O–H groups in total. The molecule has 1 heterocycles. The number of nitrogens with one attached hydrogen (secondary N) is 2. The monoisotopic (exact) mass is 405 g/mol. The second-order valence-electron chi connectivity index (χ2n) is 3.96. The van der Waals surface area contributed by atoms with Gasteiger partial charge >= 0.3 is 6.03 Å². The van der Waals surface area contributed by atoms with E-state index in [1.807, 2.05) is 18.2 Å². The average Bonchev–Trinajstić information content (AvgIpc) is 2.73. The Kier molecular flexibility index (Phi) is 5.24. The Morgan fingerprint density at radius 1 is 1.35 bits per heavy atom. The summed E-state index contributed by atoms with van der Waals surface area (Å²) in [7, 11) is 0. The third-order valence-corrected chi connectivity index (χ3v) is 4.38. The van der Waals surface area contributed by atoms with Crippen LogP contribution in [0.25, 0.3) is 0 Å². The van der Waals surface area contributed by atoms with Gasteiger partial charge in [-0.15, -0.1) is 0 Å². The highest BCUT2D eigenvalue weighted by Crippen LogP contribution is 2.18. The summed E-state index contributed by atoms with van der Waals surface area (Å²) in [6, 6.07) is 7.03. The van der Waals surface area contributed by atoms with Crippen LogP contribution in [-0.4, -0.2) is 40.9 Å². The Morgan fingerprint density at radius 2 is 2.10 bits per heavy atom. The zero-order chi connectivity index (χ0) is 14.5. The second kappa shape index (κ2) is 6.93. The Hall–Kier alpha value is -1.29. The van der Waals surface area contributed by atoms with E-state index in [1.165, 1.54) is 0 Å². The number of benzene rings is 1. The molecule has 20 heavy (non-hydrogen) atoms. The van der Waals surface area contributed by atoms with Gasteiger partial charge in [-0.1, -0.05) is 23.9 Å². The molecule has 1 fully saturated rings. The molecule has 8 heteroatoms. The number of imide groups is 1. The summed E-state index contributed by atoms with van der Waals surface area (Å²) in [5.74, 6) is -0.0208. The number of halogens is 1. The standard InChI is InChI=1S/C12H12IN3O3S/c13-8-3-1-2-4-9(8)15-11(18)14-5-6-16-10(17)7-20-12(16)19/h1-4H,5-7H2,(H2,14,15,18). The van der Waals surface area contributed by atoms with Crippen LogP contribution in [0.4, 0.5) is 15.3 Å². The lowest BCUT2D eigenvalue weighted by Crippen LogP contribution is -2.39. The molecule has 6 nitrogen and oxygen atoms in total. The molecule has 0 radical (unpaired) electrons. The van der Waals surface area contributed by atoms with Crippen molar-refractivity contribution >= 4 is 57.2 Å². The number of anilines is 1. The summed E-state index contributed by atoms with van der Waals surface area (Å²) in [6.07, 6.45) is 0. The smallest absolute Gasteiger partial charge is 0.319 e. The zero-order valence-corrected chi connectivity index (χ0v) is 13.4. The lowest BCUT2D eigenvalue weighted by molar-refractivity contribution is -0.124. The van der Waals surface area contributed by atoms with E-state index in [0.29, 0.717) is 0 Å². The third kappa shape index (κ3) is 3.85. The number of amides is 4. The predicted octanol–water partition coefficient (Wildman–Crippen LogP) is 2.11. The molecule has 1 aromatic rings. The van der Waals surface area contributed by atoms with Gasteiger partial charge in [0.2, 0.25) is 5.91 Å². The van der Waals surface area contributed by atoms with Gasteiger partial charge in [-0.25, -0.2) is 4.79 Å². The van der Waals surface area contributed by atoms with Gasteiger partial charge in [-0.3, -0.25) is 14.5 Å². The van der Waals surface area contributed by atoms with Gasteiger partial charge < -0.3 is 10.6 Å². The first-order chi connectivity index (χ1) is 9.58. The third-order valence-electron chi connectivity index (χ3n) is 2.58. The lowest BCUT2D eigenvalue weighted by Gasteiger charge is -2.13. The number of carbonyl (C=O) groups excluding carboxylic acids is 3. The van der Waals surface area contributed by atoms with Crippen LogP contribution in [0.3, 0.4) is 0 Å². The number of carbonyl (C=O) groups is 3. The fourth-order valence-corrected chi connectivity index (χ4v) is 2.88. The summed E-state index contributed by atoms with van der Waals surface area (Å²) >= 11 is 3.11. The van der Waals surface area contributed by atoms with Crippen LogP contribution >= 0.6 is 34.4 Å². The molecule has 4 amide bonds. The van der Waals surface area contributed by atoms with Gasteiger partial charge in [-0.05, 0) is 34.7 Å². The van der Waals surface area contributed by atoms with E-state index in [9.17, 15) is 14.4 Å². The van der Waals surface area contributed by atoms with Crippen molar-refractivity contribution in [1.29, 1.82) is 0 Å². The maximum absolute atomic E-state index is 11.7. The average molecular weight is 405 g/mol. The molecule has 0 atom stereocenters. The van der Waals surface area contributed by atoms with Crippen LogP contribution < -0.4 is 10.6 Å². The van der Waals surface area contributed by atoms with Gasteiger partial charge in [0, 0.05) is 16.7 Å². The highest BCUT2D eigenvalue weighted by atomic mass is 127. The molecule has 1 aliphatic rings. The van der Waals surface area contributed by atoms with Gasteiger partial charge in [0.15, 0.2) is 0 Å². The van der Waals surface area contributed by atoms with Crippen molar-refractivity contribution in [3.63, 3.8) is 0 Å². The van der Waals surface area contributed by atoms with Crippen LogP contribution in [0.5, 0.6) is 0 Å². The van der Waals surface area contributed by atoms with E-state index in [2.05, 4.69) is 33.2 Å². The van der Waals surface area contributed by atoms with Crippen molar-refractivity contribution in [3.05, 3.63) is 27.8 Å². The number of nitrogens with zero attached hydrogens (tertiary/aromatic N) is 1. The summed E-state index contributed by atoms with van der Waals surface area (Å²) in [5.41, 5.74) is 0.717. The van der Waals surface area contributed by atoms with Crippen LogP contribution in [0.1, 0.15) is 0 Å². The number of para-hydroxylation sites is 1. The molecule has 0 aliphatic carbocycles. The molecule has 1 aromatic carbocycles. The molecule has 2 rings (SSSR count). The zero-order valence-electron chi connectivity index (χ0n) is 10.4. The van der Waals surface area contributed by atoms with Crippen molar-refractivity contribution in [3.8, 4) is 0 Å². The SMILES string of the molecule is O=C(NCCN1C(=O)CSC1=O)Nc1ccccc1I. The number of thioether (sulfide) groups is 1. The fourth-order valence-electron chi connectivity index (χ4n) is 1.61. The van der Waals surface area contributed by atoms with E-state index in [1.54, 1.807) is 6.07 Å². The summed E-state index contributed by atoms with van der Waals surface area (Å²) in [4.78, 5) is 35.5. The highest BCUT2D eigenvalue weighted by Gasteiger charge is 2.29. The molecule has 0 aromatic heterocycles. The minimum Gasteiger partial charge on any atom is -0.336 e.